The van der Waals surface area contributed by atoms with E-state index in [4.69, 9.17) is 19.4 Å². The lowest BCUT2D eigenvalue weighted by Gasteiger charge is -2.11. The normalized spacial score (nSPS) is 11.6. The molecule has 11 aromatic rings. The monoisotopic (exact) mass is 733 g/mol. The van der Waals surface area contributed by atoms with Crippen molar-refractivity contribution in [3.8, 4) is 67.5 Å². The van der Waals surface area contributed by atoms with E-state index in [0.29, 0.717) is 17.5 Å². The fraction of sp³-hybridized carbons (Fsp3) is 0. The zero-order valence-electron chi connectivity index (χ0n) is 30.1. The molecule has 0 aliphatic rings. The summed E-state index contributed by atoms with van der Waals surface area (Å²) in [5.74, 6) is 1.83. The SMILES string of the molecule is c1ccc(-c2ccc(-c3nc(-c4ccccc4)nc(-c4ccc5c(c4)oc4c(-c6ccccc6-c6ccc7c(c6)sc6ccccc67)cccc45)n3)cc2)cc1. The first-order chi connectivity index (χ1) is 27.7. The van der Waals surface area contributed by atoms with Gasteiger partial charge >= 0.3 is 0 Å². The van der Waals surface area contributed by atoms with Crippen molar-refractivity contribution in [3.05, 3.63) is 188 Å². The Morgan fingerprint density at radius 2 is 0.839 bits per heavy atom. The van der Waals surface area contributed by atoms with E-state index in [1.807, 2.05) is 47.7 Å². The third kappa shape index (κ3) is 5.56. The zero-order valence-corrected chi connectivity index (χ0v) is 30.9. The molecule has 0 fully saturated rings. The van der Waals surface area contributed by atoms with Crippen molar-refractivity contribution in [2.75, 3.05) is 0 Å². The molecule has 0 spiro atoms. The van der Waals surface area contributed by atoms with Crippen molar-refractivity contribution in [1.82, 2.24) is 15.0 Å². The van der Waals surface area contributed by atoms with Crippen LogP contribution < -0.4 is 0 Å². The Balaban J connectivity index is 1.01. The lowest BCUT2D eigenvalue weighted by atomic mass is 9.93. The molecule has 0 unspecified atom stereocenters. The van der Waals surface area contributed by atoms with Gasteiger partial charge < -0.3 is 4.42 Å². The van der Waals surface area contributed by atoms with Gasteiger partial charge in [-0.1, -0.05) is 164 Å². The summed E-state index contributed by atoms with van der Waals surface area (Å²) in [4.78, 5) is 15.0. The highest BCUT2D eigenvalue weighted by Crippen LogP contribution is 2.42. The van der Waals surface area contributed by atoms with Gasteiger partial charge in [0.25, 0.3) is 0 Å². The minimum absolute atomic E-state index is 0.588. The van der Waals surface area contributed by atoms with Crippen LogP contribution in [-0.2, 0) is 0 Å². The molecule has 0 aliphatic heterocycles. The molecule has 3 aromatic heterocycles. The molecule has 262 valence electrons. The highest BCUT2D eigenvalue weighted by molar-refractivity contribution is 7.25. The molecule has 0 saturated heterocycles. The zero-order chi connectivity index (χ0) is 37.0. The summed E-state index contributed by atoms with van der Waals surface area (Å²) in [5.41, 5.74) is 11.2. The van der Waals surface area contributed by atoms with Crippen molar-refractivity contribution in [1.29, 1.82) is 0 Å². The highest BCUT2D eigenvalue weighted by atomic mass is 32.1. The Hall–Kier alpha value is -7.21. The molecular weight excluding hydrogens is 703 g/mol. The Morgan fingerprint density at radius 1 is 0.321 bits per heavy atom. The quantitative estimate of drug-likeness (QED) is 0.171. The molecule has 0 amide bonds. The van der Waals surface area contributed by atoms with E-state index in [1.165, 1.54) is 36.9 Å². The van der Waals surface area contributed by atoms with Crippen LogP contribution in [0.5, 0.6) is 0 Å². The smallest absolute Gasteiger partial charge is 0.164 e. The molecule has 0 atom stereocenters. The molecule has 56 heavy (non-hydrogen) atoms. The van der Waals surface area contributed by atoms with Gasteiger partial charge in [-0.2, -0.15) is 0 Å². The van der Waals surface area contributed by atoms with Gasteiger partial charge in [0.05, 0.1) is 0 Å². The summed E-state index contributed by atoms with van der Waals surface area (Å²) >= 11 is 1.84. The Kier molecular flexibility index (Phi) is 7.64. The summed E-state index contributed by atoms with van der Waals surface area (Å²) in [7, 11) is 0. The van der Waals surface area contributed by atoms with Gasteiger partial charge in [-0.3, -0.25) is 0 Å². The number of aromatic nitrogens is 3. The van der Waals surface area contributed by atoms with Crippen LogP contribution in [0.4, 0.5) is 0 Å². The van der Waals surface area contributed by atoms with E-state index in [2.05, 4.69) is 152 Å². The number of fused-ring (bicyclic) bond motifs is 6. The molecule has 0 bridgehead atoms. The fourth-order valence-corrected chi connectivity index (χ4v) is 8.95. The molecule has 8 aromatic carbocycles. The van der Waals surface area contributed by atoms with Crippen LogP contribution in [0.25, 0.3) is 110 Å². The lowest BCUT2D eigenvalue weighted by Crippen LogP contribution is -2.00. The van der Waals surface area contributed by atoms with Gasteiger partial charge in [0.2, 0.25) is 0 Å². The molecule has 0 saturated carbocycles. The van der Waals surface area contributed by atoms with E-state index in [9.17, 15) is 0 Å². The first-order valence-corrected chi connectivity index (χ1v) is 19.5. The molecule has 4 nitrogen and oxygen atoms in total. The molecule has 11 rings (SSSR count). The Bertz CT molecular complexity index is 3240. The average Bonchev–Trinajstić information content (AvgIpc) is 3.85. The summed E-state index contributed by atoms with van der Waals surface area (Å²) < 4.78 is 9.41. The Labute approximate surface area is 327 Å². The van der Waals surface area contributed by atoms with E-state index < -0.39 is 0 Å². The van der Waals surface area contributed by atoms with E-state index in [0.717, 1.165) is 55.3 Å². The molecular formula is C51H31N3OS. The number of hydrogen-bond donors (Lipinski definition) is 0. The van der Waals surface area contributed by atoms with Crippen LogP contribution in [0.1, 0.15) is 0 Å². The Morgan fingerprint density at radius 3 is 1.62 bits per heavy atom. The predicted molar refractivity (Wildman–Crippen MR) is 233 cm³/mol. The maximum absolute atomic E-state index is 6.82. The van der Waals surface area contributed by atoms with Crippen LogP contribution in [0.3, 0.4) is 0 Å². The van der Waals surface area contributed by atoms with Gasteiger partial charge in [0.1, 0.15) is 11.2 Å². The summed E-state index contributed by atoms with van der Waals surface area (Å²) in [6, 6.07) is 65.7. The second-order valence-corrected chi connectivity index (χ2v) is 15.0. The van der Waals surface area contributed by atoms with Crippen molar-refractivity contribution < 1.29 is 4.42 Å². The number of benzene rings is 8. The number of hydrogen-bond acceptors (Lipinski definition) is 5. The van der Waals surface area contributed by atoms with Crippen LogP contribution in [0.15, 0.2) is 192 Å². The molecule has 0 radical (unpaired) electrons. The van der Waals surface area contributed by atoms with Crippen molar-refractivity contribution in [3.63, 3.8) is 0 Å². The van der Waals surface area contributed by atoms with Gasteiger partial charge in [-0.05, 0) is 52.1 Å². The van der Waals surface area contributed by atoms with E-state index in [1.54, 1.807) is 0 Å². The first kappa shape index (κ1) is 32.2. The second kappa shape index (κ2) is 13.3. The number of para-hydroxylation sites is 1. The topological polar surface area (TPSA) is 51.8 Å². The summed E-state index contributed by atoms with van der Waals surface area (Å²) in [6.07, 6.45) is 0. The minimum atomic E-state index is 0.588. The van der Waals surface area contributed by atoms with E-state index >= 15 is 0 Å². The van der Waals surface area contributed by atoms with Gasteiger partial charge in [-0.25, -0.2) is 15.0 Å². The number of thiophene rings is 1. The van der Waals surface area contributed by atoms with Crippen LogP contribution in [0.2, 0.25) is 0 Å². The maximum Gasteiger partial charge on any atom is 0.164 e. The number of nitrogens with zero attached hydrogens (tertiary/aromatic N) is 3. The van der Waals surface area contributed by atoms with Crippen molar-refractivity contribution in [2.24, 2.45) is 0 Å². The van der Waals surface area contributed by atoms with Crippen molar-refractivity contribution in [2.45, 2.75) is 0 Å². The molecule has 5 heteroatoms. The maximum atomic E-state index is 6.82. The number of rotatable bonds is 6. The standard InChI is InChI=1S/C51H31N3OS/c1-3-12-32(13-4-1)33-22-24-35(25-23-33)50-52-49(34-14-5-2-6-15-34)53-51(54-50)37-27-28-40-44-20-11-19-43(48(44)55-45(40)30-37)39-17-8-7-16-38(39)36-26-29-42-41-18-9-10-21-46(41)56-47(42)31-36/h1-31H. The third-order valence-corrected chi connectivity index (χ3v) is 11.7. The molecule has 0 N–H and O–H groups in total. The predicted octanol–water partition coefficient (Wildman–Crippen LogP) is 14.1. The summed E-state index contributed by atoms with van der Waals surface area (Å²) in [5, 5.41) is 4.72. The van der Waals surface area contributed by atoms with Crippen LogP contribution in [0, 0.1) is 0 Å². The molecule has 0 aliphatic carbocycles. The van der Waals surface area contributed by atoms with Crippen LogP contribution in [-0.4, -0.2) is 15.0 Å². The van der Waals surface area contributed by atoms with Gasteiger partial charge in [0.15, 0.2) is 17.5 Å². The fourth-order valence-electron chi connectivity index (χ4n) is 7.81. The van der Waals surface area contributed by atoms with Gasteiger partial charge in [-0.15, -0.1) is 11.3 Å². The summed E-state index contributed by atoms with van der Waals surface area (Å²) in [6.45, 7) is 0. The second-order valence-electron chi connectivity index (χ2n) is 14.0. The van der Waals surface area contributed by atoms with Crippen molar-refractivity contribution >= 4 is 53.4 Å². The number of furan rings is 1. The van der Waals surface area contributed by atoms with Gasteiger partial charge in [0, 0.05) is 53.2 Å². The largest absolute Gasteiger partial charge is 0.455 e. The van der Waals surface area contributed by atoms with Crippen LogP contribution >= 0.6 is 11.3 Å². The highest BCUT2D eigenvalue weighted by Gasteiger charge is 2.18. The average molecular weight is 734 g/mol. The third-order valence-electron chi connectivity index (χ3n) is 10.6. The van der Waals surface area contributed by atoms with E-state index in [-0.39, 0.29) is 0 Å². The minimum Gasteiger partial charge on any atom is -0.455 e. The molecule has 3 heterocycles. The lowest BCUT2D eigenvalue weighted by molar-refractivity contribution is 0.670. The first-order valence-electron chi connectivity index (χ1n) is 18.7.